The zero-order chi connectivity index (χ0) is 15.8. The molecule has 6 heteroatoms. The van der Waals surface area contributed by atoms with Gasteiger partial charge in [0, 0.05) is 17.5 Å². The van der Waals surface area contributed by atoms with Gasteiger partial charge in [-0.2, -0.15) is 15.6 Å². The molecule has 2 aromatic rings. The fraction of sp³-hybridized carbons (Fsp3) is 0. The van der Waals surface area contributed by atoms with Gasteiger partial charge in [-0.1, -0.05) is 12.1 Å². The summed E-state index contributed by atoms with van der Waals surface area (Å²) in [6, 6.07) is 14.2. The van der Waals surface area contributed by atoms with Gasteiger partial charge in [-0.3, -0.25) is 10.4 Å². The number of rotatable bonds is 4. The Morgan fingerprint density at radius 3 is 2.50 bits per heavy atom. The Bertz CT molecular complexity index is 760. The van der Waals surface area contributed by atoms with E-state index in [2.05, 4.69) is 15.5 Å². The number of anilines is 2. The Hall–Kier alpha value is -3.64. The molecule has 1 aromatic heterocycles. The lowest BCUT2D eigenvalue weighted by Gasteiger charge is -2.04. The topological polar surface area (TPSA) is 111 Å². The van der Waals surface area contributed by atoms with E-state index in [4.69, 9.17) is 16.3 Å². The first-order chi connectivity index (χ1) is 10.7. The minimum absolute atomic E-state index is 0.0264. The highest BCUT2D eigenvalue weighted by Gasteiger charge is 2.07. The van der Waals surface area contributed by atoms with Crippen molar-refractivity contribution in [3.8, 4) is 12.1 Å². The number of aromatic nitrogens is 1. The minimum Gasteiger partial charge on any atom is -0.399 e. The number of hydrazone groups is 1. The summed E-state index contributed by atoms with van der Waals surface area (Å²) in [7, 11) is 0. The number of benzene rings is 1. The van der Waals surface area contributed by atoms with Crippen molar-refractivity contribution >= 4 is 23.2 Å². The van der Waals surface area contributed by atoms with Gasteiger partial charge in [-0.25, -0.2) is 0 Å². The van der Waals surface area contributed by atoms with Crippen LogP contribution in [0.4, 0.5) is 11.4 Å². The highest BCUT2D eigenvalue weighted by molar-refractivity contribution is 6.13. The van der Waals surface area contributed by atoms with Crippen LogP contribution in [0.3, 0.4) is 0 Å². The van der Waals surface area contributed by atoms with Crippen LogP contribution in [-0.2, 0) is 0 Å². The molecule has 1 heterocycles. The molecule has 0 aliphatic carbocycles. The first-order valence-corrected chi connectivity index (χ1v) is 6.34. The van der Waals surface area contributed by atoms with E-state index >= 15 is 0 Å². The maximum absolute atomic E-state index is 9.08. The summed E-state index contributed by atoms with van der Waals surface area (Å²) in [5, 5.41) is 22.2. The number of hydrogen-bond donors (Lipinski definition) is 2. The molecule has 0 aliphatic heterocycles. The van der Waals surface area contributed by atoms with E-state index in [0.717, 1.165) is 0 Å². The second-order valence-corrected chi connectivity index (χ2v) is 4.25. The molecular formula is C16H12N6. The van der Waals surface area contributed by atoms with E-state index in [1.165, 1.54) is 6.21 Å². The fourth-order valence-electron chi connectivity index (χ4n) is 1.69. The molecule has 0 radical (unpaired) electrons. The third-order valence-electron chi connectivity index (χ3n) is 2.76. The number of nitrogens with two attached hydrogens (primary N) is 1. The molecule has 0 amide bonds. The van der Waals surface area contributed by atoms with Gasteiger partial charge in [0.25, 0.3) is 0 Å². The standard InChI is InChI=1S/C16H12N6/c17-8-13(9-18)16(12-3-5-14(19)6-4-12)11-21-22-15-2-1-7-20-10-15/h1-7,10-11,22H,19H2. The Morgan fingerprint density at radius 2 is 1.91 bits per heavy atom. The lowest BCUT2D eigenvalue weighted by Crippen LogP contribution is -1.96. The average molecular weight is 288 g/mol. The molecule has 0 fully saturated rings. The van der Waals surface area contributed by atoms with Crippen LogP contribution >= 0.6 is 0 Å². The molecule has 22 heavy (non-hydrogen) atoms. The van der Waals surface area contributed by atoms with Gasteiger partial charge in [0.15, 0.2) is 0 Å². The molecule has 0 saturated carbocycles. The van der Waals surface area contributed by atoms with E-state index in [1.807, 2.05) is 12.1 Å². The lowest BCUT2D eigenvalue weighted by atomic mass is 10.0. The van der Waals surface area contributed by atoms with Crippen LogP contribution in [0.15, 0.2) is 59.5 Å². The first-order valence-electron chi connectivity index (χ1n) is 6.34. The molecule has 0 atom stereocenters. The summed E-state index contributed by atoms with van der Waals surface area (Å²) in [5.74, 6) is 0. The van der Waals surface area contributed by atoms with Crippen molar-refractivity contribution in [2.75, 3.05) is 11.2 Å². The molecule has 0 saturated heterocycles. The summed E-state index contributed by atoms with van der Waals surface area (Å²) in [6.45, 7) is 0. The number of nitrogens with zero attached hydrogens (tertiary/aromatic N) is 4. The van der Waals surface area contributed by atoms with Gasteiger partial charge in [-0.05, 0) is 29.8 Å². The number of pyridine rings is 1. The Labute approximate surface area is 127 Å². The fourth-order valence-corrected chi connectivity index (χ4v) is 1.69. The van der Waals surface area contributed by atoms with E-state index < -0.39 is 0 Å². The van der Waals surface area contributed by atoms with Gasteiger partial charge in [0.2, 0.25) is 0 Å². The van der Waals surface area contributed by atoms with Gasteiger partial charge in [0.05, 0.1) is 18.1 Å². The first kappa shape index (κ1) is 14.8. The quantitative estimate of drug-likeness (QED) is 0.388. The van der Waals surface area contributed by atoms with Crippen LogP contribution in [0.2, 0.25) is 0 Å². The van der Waals surface area contributed by atoms with Crippen molar-refractivity contribution in [1.29, 1.82) is 10.5 Å². The highest BCUT2D eigenvalue weighted by atomic mass is 15.3. The van der Waals surface area contributed by atoms with Crippen molar-refractivity contribution in [3.05, 3.63) is 59.9 Å². The van der Waals surface area contributed by atoms with E-state index in [9.17, 15) is 0 Å². The van der Waals surface area contributed by atoms with Gasteiger partial charge < -0.3 is 5.73 Å². The largest absolute Gasteiger partial charge is 0.399 e. The third kappa shape index (κ3) is 3.69. The molecule has 0 spiro atoms. The predicted molar refractivity (Wildman–Crippen MR) is 85.4 cm³/mol. The second-order valence-electron chi connectivity index (χ2n) is 4.25. The normalized spacial score (nSPS) is 9.73. The van der Waals surface area contributed by atoms with Crippen molar-refractivity contribution in [2.24, 2.45) is 5.10 Å². The van der Waals surface area contributed by atoms with Crippen LogP contribution in [-0.4, -0.2) is 11.2 Å². The van der Waals surface area contributed by atoms with Crippen molar-refractivity contribution in [3.63, 3.8) is 0 Å². The van der Waals surface area contributed by atoms with Crippen molar-refractivity contribution in [2.45, 2.75) is 0 Å². The lowest BCUT2D eigenvalue weighted by molar-refractivity contribution is 1.27. The molecule has 106 valence electrons. The maximum atomic E-state index is 9.08. The summed E-state index contributed by atoms with van der Waals surface area (Å²) in [6.07, 6.45) is 4.69. The van der Waals surface area contributed by atoms with Crippen LogP contribution in [0.5, 0.6) is 0 Å². The van der Waals surface area contributed by atoms with Crippen LogP contribution < -0.4 is 11.2 Å². The molecule has 3 N–H and O–H groups in total. The monoisotopic (exact) mass is 288 g/mol. The molecule has 0 unspecified atom stereocenters. The molecule has 1 aromatic carbocycles. The van der Waals surface area contributed by atoms with E-state index in [0.29, 0.717) is 22.5 Å². The smallest absolute Gasteiger partial charge is 0.139 e. The maximum Gasteiger partial charge on any atom is 0.139 e. The number of nitriles is 2. The van der Waals surface area contributed by atoms with E-state index in [1.54, 1.807) is 48.8 Å². The summed E-state index contributed by atoms with van der Waals surface area (Å²) in [5.41, 5.74) is 10.8. The third-order valence-corrected chi connectivity index (χ3v) is 2.76. The summed E-state index contributed by atoms with van der Waals surface area (Å²) >= 11 is 0. The zero-order valence-electron chi connectivity index (χ0n) is 11.6. The van der Waals surface area contributed by atoms with Crippen molar-refractivity contribution in [1.82, 2.24) is 4.98 Å². The minimum atomic E-state index is -0.0264. The molecular weight excluding hydrogens is 276 g/mol. The summed E-state index contributed by atoms with van der Waals surface area (Å²) in [4.78, 5) is 3.95. The molecule has 2 rings (SSSR count). The molecule has 0 bridgehead atoms. The Balaban J connectivity index is 2.31. The Kier molecular flexibility index (Phi) is 4.85. The van der Waals surface area contributed by atoms with Crippen LogP contribution in [0.1, 0.15) is 5.56 Å². The number of nitrogens with one attached hydrogen (secondary N) is 1. The number of nitrogen functional groups attached to an aromatic ring is 1. The van der Waals surface area contributed by atoms with E-state index in [-0.39, 0.29) is 5.57 Å². The van der Waals surface area contributed by atoms with Gasteiger partial charge in [-0.15, -0.1) is 0 Å². The molecule has 0 aliphatic rings. The average Bonchev–Trinajstić information content (AvgIpc) is 2.56. The SMILES string of the molecule is N#CC(C#N)=C(C=NNc1cccnc1)c1ccc(N)cc1. The Morgan fingerprint density at radius 1 is 1.18 bits per heavy atom. The zero-order valence-corrected chi connectivity index (χ0v) is 11.6. The van der Waals surface area contributed by atoms with Crippen LogP contribution in [0.25, 0.3) is 5.57 Å². The van der Waals surface area contributed by atoms with Gasteiger partial charge >= 0.3 is 0 Å². The second kappa shape index (κ2) is 7.22. The predicted octanol–water partition coefficient (Wildman–Crippen LogP) is 2.56. The van der Waals surface area contributed by atoms with Gasteiger partial charge in [0.1, 0.15) is 17.7 Å². The van der Waals surface area contributed by atoms with Crippen molar-refractivity contribution < 1.29 is 0 Å². The number of hydrogen-bond acceptors (Lipinski definition) is 6. The highest BCUT2D eigenvalue weighted by Crippen LogP contribution is 2.18. The number of allylic oxidation sites excluding steroid dienone is 2. The van der Waals surface area contributed by atoms with Crippen LogP contribution in [0, 0.1) is 22.7 Å². The summed E-state index contributed by atoms with van der Waals surface area (Å²) < 4.78 is 0. The molecule has 6 nitrogen and oxygen atoms in total.